The number of rotatable bonds is 5. The average Bonchev–Trinajstić information content (AvgIpc) is 2.88. The molecule has 1 N–H and O–H groups in total. The Morgan fingerprint density at radius 2 is 2.05 bits per heavy atom. The van der Waals surface area contributed by atoms with Gasteiger partial charge in [0.15, 0.2) is 9.84 Å². The molecule has 0 amide bonds. The molecular weight excluding hydrogens is 373 g/mol. The van der Waals surface area contributed by atoms with E-state index >= 15 is 0 Å². The Hall–Kier alpha value is -0.530. The van der Waals surface area contributed by atoms with E-state index in [1.165, 1.54) is 18.2 Å². The third kappa shape index (κ3) is 4.49. The van der Waals surface area contributed by atoms with Gasteiger partial charge < -0.3 is 5.11 Å². The highest BCUT2D eigenvalue weighted by atomic mass is 35.5. The zero-order valence-corrected chi connectivity index (χ0v) is 14.7. The lowest BCUT2D eigenvalue weighted by molar-refractivity contribution is -0.142. The van der Waals surface area contributed by atoms with Crippen LogP contribution in [0, 0.1) is 0 Å². The molecule has 5 nitrogen and oxygen atoms in total. The van der Waals surface area contributed by atoms with Gasteiger partial charge in [0.05, 0.1) is 15.7 Å². The van der Waals surface area contributed by atoms with Crippen molar-refractivity contribution in [3.05, 3.63) is 28.2 Å². The van der Waals surface area contributed by atoms with E-state index in [1.807, 2.05) is 0 Å². The smallest absolute Gasteiger partial charge is 0.320 e. The number of nitrogens with zero attached hydrogens (tertiary/aromatic N) is 1. The number of hydrogen-bond acceptors (Lipinski definition) is 4. The fourth-order valence-corrected chi connectivity index (χ4v) is 4.51. The molecule has 1 aromatic carbocycles. The highest BCUT2D eigenvalue weighted by Crippen LogP contribution is 2.26. The van der Waals surface area contributed by atoms with Crippen molar-refractivity contribution in [2.75, 3.05) is 18.8 Å². The number of sulfone groups is 1. The molecule has 1 saturated heterocycles. The second-order valence-corrected chi connectivity index (χ2v) is 7.85. The van der Waals surface area contributed by atoms with E-state index in [2.05, 4.69) is 0 Å². The van der Waals surface area contributed by atoms with Crippen molar-refractivity contribution in [1.82, 2.24) is 4.90 Å². The number of benzene rings is 1. The summed E-state index contributed by atoms with van der Waals surface area (Å²) in [5, 5.41) is 9.50. The second-order valence-electron chi connectivity index (χ2n) is 4.93. The van der Waals surface area contributed by atoms with Crippen LogP contribution in [0.5, 0.6) is 0 Å². The molecule has 1 heterocycles. The van der Waals surface area contributed by atoms with Crippen molar-refractivity contribution in [2.24, 2.45) is 0 Å². The normalized spacial score (nSPS) is 18.9. The summed E-state index contributed by atoms with van der Waals surface area (Å²) < 4.78 is 24.6. The molecule has 9 heteroatoms. The van der Waals surface area contributed by atoms with Crippen LogP contribution in [0.1, 0.15) is 12.8 Å². The molecule has 1 aliphatic rings. The number of carboxylic acids is 1. The van der Waals surface area contributed by atoms with Crippen LogP contribution in [-0.4, -0.2) is 49.3 Å². The molecule has 22 heavy (non-hydrogen) atoms. The number of halogens is 3. The lowest BCUT2D eigenvalue weighted by Crippen LogP contribution is -2.38. The van der Waals surface area contributed by atoms with Gasteiger partial charge >= 0.3 is 5.97 Å². The Morgan fingerprint density at radius 3 is 2.68 bits per heavy atom. The van der Waals surface area contributed by atoms with Crippen LogP contribution in [0.3, 0.4) is 0 Å². The molecule has 2 rings (SSSR count). The highest BCUT2D eigenvalue weighted by molar-refractivity contribution is 7.91. The number of carbonyl (C=O) groups is 1. The summed E-state index contributed by atoms with van der Waals surface area (Å²) in [5.41, 5.74) is 0. The third-order valence-corrected chi connectivity index (χ3v) is 5.93. The fourth-order valence-electron chi connectivity index (χ4n) is 2.44. The maximum absolute atomic E-state index is 12.3. The van der Waals surface area contributed by atoms with Crippen LogP contribution in [0.25, 0.3) is 0 Å². The number of carboxylic acid groups (broad SMARTS) is 1. The van der Waals surface area contributed by atoms with E-state index in [-0.39, 0.29) is 34.6 Å². The van der Waals surface area contributed by atoms with Gasteiger partial charge in [-0.2, -0.15) is 0 Å². The van der Waals surface area contributed by atoms with Crippen LogP contribution in [0.4, 0.5) is 0 Å². The largest absolute Gasteiger partial charge is 0.480 e. The molecule has 1 atom stereocenters. The van der Waals surface area contributed by atoms with Gasteiger partial charge in [0.2, 0.25) is 0 Å². The van der Waals surface area contributed by atoms with E-state index in [9.17, 15) is 13.2 Å². The van der Waals surface area contributed by atoms with Crippen LogP contribution in [0.2, 0.25) is 10.0 Å². The summed E-state index contributed by atoms with van der Waals surface area (Å²) in [7, 11) is -3.60. The van der Waals surface area contributed by atoms with Gasteiger partial charge in [-0.1, -0.05) is 23.2 Å². The summed E-state index contributed by atoms with van der Waals surface area (Å²) in [4.78, 5) is 12.7. The molecular formula is C13H16Cl3NO4S. The van der Waals surface area contributed by atoms with Gasteiger partial charge in [-0.3, -0.25) is 9.69 Å². The lowest BCUT2D eigenvalue weighted by Gasteiger charge is -2.20. The van der Waals surface area contributed by atoms with Gasteiger partial charge in [-0.05, 0) is 37.6 Å². The summed E-state index contributed by atoms with van der Waals surface area (Å²) in [6.45, 7) is 0.762. The van der Waals surface area contributed by atoms with Gasteiger partial charge in [0.25, 0.3) is 0 Å². The highest BCUT2D eigenvalue weighted by Gasteiger charge is 2.31. The van der Waals surface area contributed by atoms with Crippen molar-refractivity contribution in [1.29, 1.82) is 0 Å². The Labute approximate surface area is 145 Å². The maximum Gasteiger partial charge on any atom is 0.320 e. The average molecular weight is 389 g/mol. The van der Waals surface area contributed by atoms with E-state index in [4.69, 9.17) is 28.3 Å². The molecule has 1 aromatic rings. The standard InChI is InChI=1S/C13H15Cl2NO4S.ClH/c14-9-3-4-10(15)12(8-9)21(19,20)7-6-16-5-1-2-11(16)13(17)18;/h3-4,8,11H,1-2,5-7H2,(H,17,18);1H/t11-;/m1./s1. The summed E-state index contributed by atoms with van der Waals surface area (Å²) in [6.07, 6.45) is 1.31. The van der Waals surface area contributed by atoms with E-state index < -0.39 is 21.8 Å². The predicted octanol–water partition coefficient (Wildman–Crippen LogP) is 2.74. The van der Waals surface area contributed by atoms with Crippen LogP contribution < -0.4 is 0 Å². The Balaban J connectivity index is 0.00000242. The van der Waals surface area contributed by atoms with E-state index in [0.29, 0.717) is 18.0 Å². The first-order valence-corrected chi connectivity index (χ1v) is 8.87. The zero-order valence-electron chi connectivity index (χ0n) is 11.5. The van der Waals surface area contributed by atoms with Crippen molar-refractivity contribution >= 4 is 51.4 Å². The van der Waals surface area contributed by atoms with Crippen molar-refractivity contribution in [2.45, 2.75) is 23.8 Å². The zero-order chi connectivity index (χ0) is 15.6. The Bertz CT molecular complexity index is 651. The van der Waals surface area contributed by atoms with Crippen molar-refractivity contribution in [3.8, 4) is 0 Å². The molecule has 0 unspecified atom stereocenters. The molecule has 1 fully saturated rings. The lowest BCUT2D eigenvalue weighted by atomic mass is 10.2. The van der Waals surface area contributed by atoms with Crippen LogP contribution in [0.15, 0.2) is 23.1 Å². The minimum atomic E-state index is -3.60. The molecule has 1 aliphatic heterocycles. The Morgan fingerprint density at radius 1 is 1.36 bits per heavy atom. The molecule has 0 aromatic heterocycles. The number of hydrogen-bond donors (Lipinski definition) is 1. The molecule has 0 spiro atoms. The first kappa shape index (κ1) is 19.5. The third-order valence-electron chi connectivity index (χ3n) is 3.52. The first-order valence-electron chi connectivity index (χ1n) is 6.46. The minimum Gasteiger partial charge on any atom is -0.480 e. The number of likely N-dealkylation sites (tertiary alicyclic amines) is 1. The molecule has 0 saturated carbocycles. The summed E-state index contributed by atoms with van der Waals surface area (Å²) >= 11 is 11.7. The van der Waals surface area contributed by atoms with Gasteiger partial charge in [0.1, 0.15) is 6.04 Å². The molecule has 0 aliphatic carbocycles. The fraction of sp³-hybridized carbons (Fsp3) is 0.462. The van der Waals surface area contributed by atoms with Crippen LogP contribution >= 0.6 is 35.6 Å². The van der Waals surface area contributed by atoms with E-state index in [1.54, 1.807) is 4.90 Å². The van der Waals surface area contributed by atoms with Gasteiger partial charge in [-0.25, -0.2) is 8.42 Å². The molecule has 124 valence electrons. The minimum absolute atomic E-state index is 0. The van der Waals surface area contributed by atoms with E-state index in [0.717, 1.165) is 6.42 Å². The molecule has 0 bridgehead atoms. The van der Waals surface area contributed by atoms with Crippen LogP contribution in [-0.2, 0) is 14.6 Å². The monoisotopic (exact) mass is 387 g/mol. The summed E-state index contributed by atoms with van der Waals surface area (Å²) in [5.74, 6) is -1.10. The maximum atomic E-state index is 12.3. The summed E-state index contributed by atoms with van der Waals surface area (Å²) in [6, 6.07) is 3.67. The second kappa shape index (κ2) is 7.84. The Kier molecular flexibility index (Phi) is 6.95. The predicted molar refractivity (Wildman–Crippen MR) is 88.0 cm³/mol. The topological polar surface area (TPSA) is 74.7 Å². The quantitative estimate of drug-likeness (QED) is 0.839. The number of aliphatic carboxylic acids is 1. The van der Waals surface area contributed by atoms with Gasteiger partial charge in [0, 0.05) is 11.6 Å². The molecule has 0 radical (unpaired) electrons. The SMILES string of the molecule is Cl.O=C(O)[C@H]1CCCN1CCS(=O)(=O)c1cc(Cl)ccc1Cl. The first-order chi connectivity index (χ1) is 9.81. The van der Waals surface area contributed by atoms with Crippen molar-refractivity contribution in [3.63, 3.8) is 0 Å². The van der Waals surface area contributed by atoms with Gasteiger partial charge in [-0.15, -0.1) is 12.4 Å². The van der Waals surface area contributed by atoms with Crippen molar-refractivity contribution < 1.29 is 18.3 Å².